The highest BCUT2D eigenvalue weighted by atomic mass is 15.2. The summed E-state index contributed by atoms with van der Waals surface area (Å²) in [5, 5.41) is 0. The minimum absolute atomic E-state index is 0.382. The number of fused-ring (bicyclic) bond motifs is 1. The van der Waals surface area contributed by atoms with Crippen molar-refractivity contribution in [3.05, 3.63) is 11.8 Å². The Hall–Kier alpha value is -0.460. The maximum Gasteiger partial charge on any atom is 0.0433 e. The van der Waals surface area contributed by atoms with Crippen molar-refractivity contribution >= 4 is 0 Å². The molecule has 5 unspecified atom stereocenters. The van der Waals surface area contributed by atoms with Crippen LogP contribution in [0.3, 0.4) is 0 Å². The summed E-state index contributed by atoms with van der Waals surface area (Å²) in [5.74, 6) is 3.16. The zero-order chi connectivity index (χ0) is 14.2. The van der Waals surface area contributed by atoms with Crippen LogP contribution in [0.5, 0.6) is 0 Å². The molecule has 1 saturated carbocycles. The minimum atomic E-state index is 0.382. The van der Waals surface area contributed by atoms with Gasteiger partial charge in [0.25, 0.3) is 0 Å². The van der Waals surface area contributed by atoms with Crippen molar-refractivity contribution in [3.63, 3.8) is 0 Å². The molecule has 0 radical (unpaired) electrons. The van der Waals surface area contributed by atoms with Crippen molar-refractivity contribution in [3.8, 4) is 0 Å². The molecule has 0 amide bonds. The quantitative estimate of drug-likeness (QED) is 0.686. The second kappa shape index (κ2) is 5.50. The van der Waals surface area contributed by atoms with E-state index in [2.05, 4.69) is 52.8 Å². The standard InChI is InChI=1S/C18H33N/c1-7-13(2)15(4)16-12-19(6)18(5)11-9-8-10-14(3)17(16)18/h12-15,17H,7-11H2,1-6H3. The molecule has 1 aliphatic carbocycles. The van der Waals surface area contributed by atoms with Crippen LogP contribution in [0.25, 0.3) is 0 Å². The highest BCUT2D eigenvalue weighted by molar-refractivity contribution is 5.25. The predicted octanol–water partition coefficient (Wildman–Crippen LogP) is 5.08. The Labute approximate surface area is 120 Å². The summed E-state index contributed by atoms with van der Waals surface area (Å²) in [6.45, 7) is 12.2. The smallest absolute Gasteiger partial charge is 0.0433 e. The van der Waals surface area contributed by atoms with Crippen LogP contribution in [0.15, 0.2) is 11.8 Å². The van der Waals surface area contributed by atoms with E-state index < -0.39 is 0 Å². The molecule has 0 aromatic carbocycles. The molecule has 1 nitrogen and oxygen atoms in total. The number of hydrogen-bond acceptors (Lipinski definition) is 1. The average Bonchev–Trinajstić information content (AvgIpc) is 2.54. The Morgan fingerprint density at radius 3 is 2.68 bits per heavy atom. The fraction of sp³-hybridized carbons (Fsp3) is 0.889. The molecule has 0 aromatic rings. The van der Waals surface area contributed by atoms with Crippen LogP contribution in [0.1, 0.15) is 66.7 Å². The highest BCUT2D eigenvalue weighted by Gasteiger charge is 2.48. The molecule has 0 spiro atoms. The van der Waals surface area contributed by atoms with E-state index in [0.717, 1.165) is 23.7 Å². The third-order valence-electron chi connectivity index (χ3n) is 6.36. The first-order valence-electron chi connectivity index (χ1n) is 8.36. The Morgan fingerprint density at radius 1 is 1.37 bits per heavy atom. The van der Waals surface area contributed by atoms with Gasteiger partial charge in [-0.25, -0.2) is 0 Å². The summed E-state index contributed by atoms with van der Waals surface area (Å²) in [4.78, 5) is 2.55. The van der Waals surface area contributed by atoms with Gasteiger partial charge in [0.2, 0.25) is 0 Å². The molecule has 1 heterocycles. The van der Waals surface area contributed by atoms with E-state index in [0.29, 0.717) is 5.54 Å². The fourth-order valence-electron chi connectivity index (χ4n) is 4.50. The maximum atomic E-state index is 2.55. The van der Waals surface area contributed by atoms with Crippen LogP contribution in [0, 0.1) is 23.7 Å². The summed E-state index contributed by atoms with van der Waals surface area (Å²) in [6, 6.07) is 0. The molecular formula is C18H33N. The predicted molar refractivity (Wildman–Crippen MR) is 84.0 cm³/mol. The van der Waals surface area contributed by atoms with Crippen molar-refractivity contribution in [2.45, 2.75) is 72.3 Å². The lowest BCUT2D eigenvalue weighted by molar-refractivity contribution is 0.126. The summed E-state index contributed by atoms with van der Waals surface area (Å²) in [5.41, 5.74) is 2.13. The molecule has 19 heavy (non-hydrogen) atoms. The molecule has 1 fully saturated rings. The van der Waals surface area contributed by atoms with Gasteiger partial charge in [0, 0.05) is 18.5 Å². The van der Waals surface area contributed by atoms with Gasteiger partial charge in [0.05, 0.1) is 0 Å². The van der Waals surface area contributed by atoms with Crippen LogP contribution in [-0.2, 0) is 0 Å². The van der Waals surface area contributed by atoms with Gasteiger partial charge in [-0.2, -0.15) is 0 Å². The van der Waals surface area contributed by atoms with Crippen molar-refractivity contribution in [1.29, 1.82) is 0 Å². The summed E-state index contributed by atoms with van der Waals surface area (Å²) < 4.78 is 0. The molecule has 2 rings (SSSR count). The normalized spacial score (nSPS) is 38.4. The molecule has 1 aliphatic heterocycles. The minimum Gasteiger partial charge on any atom is -0.374 e. The number of hydrogen-bond donors (Lipinski definition) is 0. The van der Waals surface area contributed by atoms with E-state index in [1.165, 1.54) is 32.1 Å². The van der Waals surface area contributed by atoms with E-state index in [1.807, 2.05) is 0 Å². The van der Waals surface area contributed by atoms with E-state index in [9.17, 15) is 0 Å². The summed E-state index contributed by atoms with van der Waals surface area (Å²) in [6.07, 6.45) is 9.40. The van der Waals surface area contributed by atoms with Crippen molar-refractivity contribution < 1.29 is 0 Å². The Bertz CT molecular complexity index is 346. The number of nitrogens with zero attached hydrogens (tertiary/aromatic N) is 1. The first-order chi connectivity index (χ1) is 8.91. The third-order valence-corrected chi connectivity index (χ3v) is 6.36. The third kappa shape index (κ3) is 2.45. The molecule has 0 N–H and O–H groups in total. The van der Waals surface area contributed by atoms with Gasteiger partial charge in [0.1, 0.15) is 0 Å². The van der Waals surface area contributed by atoms with Crippen LogP contribution in [0.2, 0.25) is 0 Å². The monoisotopic (exact) mass is 263 g/mol. The maximum absolute atomic E-state index is 2.55. The molecule has 110 valence electrons. The fourth-order valence-corrected chi connectivity index (χ4v) is 4.50. The van der Waals surface area contributed by atoms with Gasteiger partial charge in [0.15, 0.2) is 0 Å². The zero-order valence-corrected chi connectivity index (χ0v) is 13.9. The van der Waals surface area contributed by atoms with E-state index in [4.69, 9.17) is 0 Å². The van der Waals surface area contributed by atoms with Gasteiger partial charge < -0.3 is 4.90 Å². The Morgan fingerprint density at radius 2 is 2.05 bits per heavy atom. The van der Waals surface area contributed by atoms with E-state index in [-0.39, 0.29) is 0 Å². The van der Waals surface area contributed by atoms with Gasteiger partial charge in [-0.05, 0) is 42.9 Å². The van der Waals surface area contributed by atoms with Crippen LogP contribution < -0.4 is 0 Å². The average molecular weight is 263 g/mol. The Kier molecular flexibility index (Phi) is 4.32. The van der Waals surface area contributed by atoms with Gasteiger partial charge in [-0.15, -0.1) is 0 Å². The van der Waals surface area contributed by atoms with Crippen LogP contribution in [0.4, 0.5) is 0 Å². The van der Waals surface area contributed by atoms with Crippen molar-refractivity contribution in [2.24, 2.45) is 23.7 Å². The molecular weight excluding hydrogens is 230 g/mol. The first kappa shape index (κ1) is 14.9. The highest BCUT2D eigenvalue weighted by Crippen LogP contribution is 2.50. The SMILES string of the molecule is CCC(C)C(C)C1=CN(C)C2(C)CCCCC(C)C12. The molecule has 1 heteroatoms. The molecule has 0 bridgehead atoms. The van der Waals surface area contributed by atoms with E-state index >= 15 is 0 Å². The largest absolute Gasteiger partial charge is 0.374 e. The van der Waals surface area contributed by atoms with Crippen molar-refractivity contribution in [2.75, 3.05) is 7.05 Å². The first-order valence-corrected chi connectivity index (χ1v) is 8.36. The lowest BCUT2D eigenvalue weighted by Gasteiger charge is -2.41. The topological polar surface area (TPSA) is 3.24 Å². The second-order valence-electron chi connectivity index (χ2n) is 7.47. The zero-order valence-electron chi connectivity index (χ0n) is 13.9. The Balaban J connectivity index is 2.31. The van der Waals surface area contributed by atoms with Crippen molar-refractivity contribution in [1.82, 2.24) is 4.90 Å². The lowest BCUT2D eigenvalue weighted by atomic mass is 9.69. The molecule has 0 saturated heterocycles. The summed E-state index contributed by atoms with van der Waals surface area (Å²) >= 11 is 0. The van der Waals surface area contributed by atoms with Gasteiger partial charge in [-0.1, -0.05) is 53.4 Å². The molecule has 2 aliphatic rings. The van der Waals surface area contributed by atoms with Crippen LogP contribution in [-0.4, -0.2) is 17.5 Å². The summed E-state index contributed by atoms with van der Waals surface area (Å²) in [7, 11) is 2.31. The lowest BCUT2D eigenvalue weighted by Crippen LogP contribution is -2.45. The van der Waals surface area contributed by atoms with E-state index in [1.54, 1.807) is 5.57 Å². The van der Waals surface area contributed by atoms with Gasteiger partial charge in [-0.3, -0.25) is 0 Å². The van der Waals surface area contributed by atoms with Crippen LogP contribution >= 0.6 is 0 Å². The van der Waals surface area contributed by atoms with Gasteiger partial charge >= 0.3 is 0 Å². The molecule has 5 atom stereocenters. The number of rotatable bonds is 3. The second-order valence-corrected chi connectivity index (χ2v) is 7.47. The molecule has 0 aromatic heterocycles.